The molecule has 1 fully saturated rings. The topological polar surface area (TPSA) is 101 Å². The molecule has 1 aromatic rings. The molecular weight excluding hydrogens is 306 g/mol. The molecule has 0 bridgehead atoms. The molecule has 0 aliphatic heterocycles. The lowest BCUT2D eigenvalue weighted by atomic mass is 10.1. The van der Waals surface area contributed by atoms with Crippen LogP contribution in [-0.2, 0) is 25.8 Å². The van der Waals surface area contributed by atoms with Gasteiger partial charge in [-0.05, 0) is 36.5 Å². The SMILES string of the molecule is CCS(=O)(=O)c1ccc(CC(=O)NC(C(=O)O)C2CC2)cc1. The molecule has 1 amide bonds. The van der Waals surface area contributed by atoms with E-state index in [4.69, 9.17) is 5.11 Å². The Morgan fingerprint density at radius 1 is 1.27 bits per heavy atom. The molecule has 1 atom stereocenters. The fourth-order valence-electron chi connectivity index (χ4n) is 2.20. The highest BCUT2D eigenvalue weighted by atomic mass is 32.2. The second-order valence-corrected chi connectivity index (χ2v) is 7.72. The Hall–Kier alpha value is -1.89. The molecule has 0 aromatic heterocycles. The first-order valence-corrected chi connectivity index (χ1v) is 8.82. The van der Waals surface area contributed by atoms with E-state index in [1.807, 2.05) is 0 Å². The predicted octanol–water partition coefficient (Wildman–Crippen LogP) is 1.00. The van der Waals surface area contributed by atoms with Crippen molar-refractivity contribution in [3.8, 4) is 0 Å². The average Bonchev–Trinajstić information content (AvgIpc) is 3.29. The van der Waals surface area contributed by atoms with Gasteiger partial charge >= 0.3 is 5.97 Å². The van der Waals surface area contributed by atoms with Gasteiger partial charge in [-0.25, -0.2) is 13.2 Å². The molecule has 1 aliphatic carbocycles. The summed E-state index contributed by atoms with van der Waals surface area (Å²) >= 11 is 0. The number of carboxylic acid groups (broad SMARTS) is 1. The molecule has 22 heavy (non-hydrogen) atoms. The van der Waals surface area contributed by atoms with Crippen LogP contribution in [0.25, 0.3) is 0 Å². The molecule has 0 saturated heterocycles. The monoisotopic (exact) mass is 325 g/mol. The summed E-state index contributed by atoms with van der Waals surface area (Å²) in [6.07, 6.45) is 1.67. The Balaban J connectivity index is 1.98. The summed E-state index contributed by atoms with van der Waals surface area (Å²) in [5.74, 6) is -1.33. The van der Waals surface area contributed by atoms with Crippen molar-refractivity contribution in [2.75, 3.05) is 5.75 Å². The van der Waals surface area contributed by atoms with E-state index in [-0.39, 0.29) is 28.9 Å². The first-order valence-electron chi connectivity index (χ1n) is 7.17. The normalized spacial score (nSPS) is 16.0. The number of carbonyl (C=O) groups excluding carboxylic acids is 1. The van der Waals surface area contributed by atoms with Crippen LogP contribution < -0.4 is 5.32 Å². The van der Waals surface area contributed by atoms with Gasteiger partial charge in [0, 0.05) is 0 Å². The van der Waals surface area contributed by atoms with E-state index in [0.717, 1.165) is 12.8 Å². The molecule has 0 heterocycles. The van der Waals surface area contributed by atoms with Crippen LogP contribution in [0.1, 0.15) is 25.3 Å². The van der Waals surface area contributed by atoms with Crippen molar-refractivity contribution in [3.05, 3.63) is 29.8 Å². The van der Waals surface area contributed by atoms with Crippen LogP contribution in [0, 0.1) is 5.92 Å². The van der Waals surface area contributed by atoms with Crippen LogP contribution in [0.4, 0.5) is 0 Å². The van der Waals surface area contributed by atoms with Crippen molar-refractivity contribution in [2.24, 2.45) is 5.92 Å². The molecule has 7 heteroatoms. The Morgan fingerprint density at radius 3 is 2.32 bits per heavy atom. The van der Waals surface area contributed by atoms with E-state index in [1.54, 1.807) is 19.1 Å². The zero-order valence-electron chi connectivity index (χ0n) is 12.3. The number of hydrogen-bond donors (Lipinski definition) is 2. The first kappa shape index (κ1) is 16.5. The van der Waals surface area contributed by atoms with Crippen LogP contribution >= 0.6 is 0 Å². The van der Waals surface area contributed by atoms with Gasteiger partial charge in [-0.3, -0.25) is 4.79 Å². The molecule has 1 saturated carbocycles. The van der Waals surface area contributed by atoms with Gasteiger partial charge < -0.3 is 10.4 Å². The summed E-state index contributed by atoms with van der Waals surface area (Å²) < 4.78 is 23.4. The highest BCUT2D eigenvalue weighted by molar-refractivity contribution is 7.91. The maximum absolute atomic E-state index is 11.9. The number of carboxylic acids is 1. The Bertz CT molecular complexity index is 662. The standard InChI is InChI=1S/C15H19NO5S/c1-2-22(20,21)12-7-3-10(4-8-12)9-13(17)16-14(15(18)19)11-5-6-11/h3-4,7-8,11,14H,2,5-6,9H2,1H3,(H,16,17)(H,18,19). The van der Waals surface area contributed by atoms with E-state index < -0.39 is 21.8 Å². The van der Waals surface area contributed by atoms with E-state index in [2.05, 4.69) is 5.32 Å². The number of nitrogens with one attached hydrogen (secondary N) is 1. The van der Waals surface area contributed by atoms with Crippen LogP contribution in [0.5, 0.6) is 0 Å². The minimum Gasteiger partial charge on any atom is -0.480 e. The summed E-state index contributed by atoms with van der Waals surface area (Å²) in [7, 11) is -3.25. The minimum absolute atomic E-state index is 0.0223. The highest BCUT2D eigenvalue weighted by Crippen LogP contribution is 2.32. The largest absolute Gasteiger partial charge is 0.480 e. The van der Waals surface area contributed by atoms with Crippen LogP contribution in [-0.4, -0.2) is 37.2 Å². The average molecular weight is 325 g/mol. The van der Waals surface area contributed by atoms with Gasteiger partial charge in [-0.1, -0.05) is 19.1 Å². The molecule has 120 valence electrons. The van der Waals surface area contributed by atoms with Gasteiger partial charge in [0.05, 0.1) is 17.1 Å². The maximum atomic E-state index is 11.9. The van der Waals surface area contributed by atoms with E-state index in [9.17, 15) is 18.0 Å². The highest BCUT2D eigenvalue weighted by Gasteiger charge is 2.37. The molecule has 1 aromatic carbocycles. The number of carbonyl (C=O) groups is 2. The lowest BCUT2D eigenvalue weighted by Gasteiger charge is -2.13. The van der Waals surface area contributed by atoms with Crippen molar-refractivity contribution in [1.29, 1.82) is 0 Å². The first-order chi connectivity index (χ1) is 10.3. The minimum atomic E-state index is -3.25. The number of sulfone groups is 1. The number of rotatable bonds is 7. The summed E-state index contributed by atoms with van der Waals surface area (Å²) in [5, 5.41) is 11.6. The van der Waals surface area contributed by atoms with Crippen molar-refractivity contribution >= 4 is 21.7 Å². The van der Waals surface area contributed by atoms with Crippen molar-refractivity contribution in [3.63, 3.8) is 0 Å². The molecule has 2 N–H and O–H groups in total. The number of benzene rings is 1. The fourth-order valence-corrected chi connectivity index (χ4v) is 3.09. The van der Waals surface area contributed by atoms with E-state index >= 15 is 0 Å². The molecule has 0 spiro atoms. The van der Waals surface area contributed by atoms with Gasteiger partial charge in [-0.15, -0.1) is 0 Å². The number of hydrogen-bond acceptors (Lipinski definition) is 4. The third kappa shape index (κ3) is 4.07. The van der Waals surface area contributed by atoms with Crippen LogP contribution in [0.2, 0.25) is 0 Å². The van der Waals surface area contributed by atoms with Gasteiger partial charge in [0.25, 0.3) is 0 Å². The molecule has 6 nitrogen and oxygen atoms in total. The van der Waals surface area contributed by atoms with E-state index in [0.29, 0.717) is 5.56 Å². The van der Waals surface area contributed by atoms with Gasteiger partial charge in [0.15, 0.2) is 9.84 Å². The fraction of sp³-hybridized carbons (Fsp3) is 0.467. The zero-order chi connectivity index (χ0) is 16.3. The Kier molecular flexibility index (Phi) is 4.85. The number of amides is 1. The molecule has 1 unspecified atom stereocenters. The molecule has 2 rings (SSSR count). The maximum Gasteiger partial charge on any atom is 0.326 e. The third-order valence-corrected chi connectivity index (χ3v) is 5.45. The summed E-state index contributed by atoms with van der Waals surface area (Å²) in [5.41, 5.74) is 0.646. The van der Waals surface area contributed by atoms with E-state index in [1.165, 1.54) is 12.1 Å². The lowest BCUT2D eigenvalue weighted by molar-refractivity contribution is -0.142. The predicted molar refractivity (Wildman–Crippen MR) is 80.2 cm³/mol. The quantitative estimate of drug-likeness (QED) is 0.779. The Morgan fingerprint density at radius 2 is 1.86 bits per heavy atom. The zero-order valence-corrected chi connectivity index (χ0v) is 13.1. The van der Waals surface area contributed by atoms with Gasteiger partial charge in [-0.2, -0.15) is 0 Å². The molecule has 0 radical (unpaired) electrons. The summed E-state index contributed by atoms with van der Waals surface area (Å²) in [6, 6.07) is 5.27. The summed E-state index contributed by atoms with van der Waals surface area (Å²) in [6.45, 7) is 1.57. The second-order valence-electron chi connectivity index (χ2n) is 5.45. The third-order valence-electron chi connectivity index (χ3n) is 3.70. The van der Waals surface area contributed by atoms with Crippen molar-refractivity contribution < 1.29 is 23.1 Å². The van der Waals surface area contributed by atoms with Crippen molar-refractivity contribution in [2.45, 2.75) is 37.1 Å². The van der Waals surface area contributed by atoms with Gasteiger partial charge in [0.1, 0.15) is 6.04 Å². The lowest BCUT2D eigenvalue weighted by Crippen LogP contribution is -2.43. The second kappa shape index (κ2) is 6.48. The Labute approximate surface area is 129 Å². The molecule has 1 aliphatic rings. The summed E-state index contributed by atoms with van der Waals surface area (Å²) in [4.78, 5) is 23.2. The van der Waals surface area contributed by atoms with Crippen LogP contribution in [0.15, 0.2) is 29.2 Å². The smallest absolute Gasteiger partial charge is 0.326 e. The van der Waals surface area contributed by atoms with Gasteiger partial charge in [0.2, 0.25) is 5.91 Å². The number of aliphatic carboxylic acids is 1. The molecular formula is C15H19NO5S. The van der Waals surface area contributed by atoms with Crippen LogP contribution in [0.3, 0.4) is 0 Å². The van der Waals surface area contributed by atoms with Crippen molar-refractivity contribution in [1.82, 2.24) is 5.32 Å².